The lowest BCUT2D eigenvalue weighted by Crippen LogP contribution is -2.41. The molecule has 0 saturated carbocycles. The number of hydrogen-bond acceptors (Lipinski definition) is 3. The van der Waals surface area contributed by atoms with E-state index in [2.05, 4.69) is 5.32 Å². The van der Waals surface area contributed by atoms with Gasteiger partial charge in [0, 0.05) is 16.6 Å². The van der Waals surface area contributed by atoms with Crippen molar-refractivity contribution in [3.05, 3.63) is 46.0 Å². The molecule has 0 radical (unpaired) electrons. The van der Waals surface area contributed by atoms with E-state index in [-0.39, 0.29) is 36.1 Å². The second kappa shape index (κ2) is 7.58. The van der Waals surface area contributed by atoms with Gasteiger partial charge in [0.25, 0.3) is 0 Å². The van der Waals surface area contributed by atoms with E-state index >= 15 is 0 Å². The lowest BCUT2D eigenvalue weighted by Gasteiger charge is -2.14. The molecule has 1 aromatic rings. The molecule has 2 aliphatic rings. The van der Waals surface area contributed by atoms with Gasteiger partial charge in [0.15, 0.2) is 0 Å². The predicted molar refractivity (Wildman–Crippen MR) is 95.2 cm³/mol. The van der Waals surface area contributed by atoms with Gasteiger partial charge >= 0.3 is 0 Å². The number of carbonyl (C=O) groups excluding carboxylic acids is 3. The number of nitrogens with zero attached hydrogens (tertiary/aromatic N) is 1. The van der Waals surface area contributed by atoms with Gasteiger partial charge in [-0.15, -0.1) is 0 Å². The Bertz CT molecular complexity index is 722. The Labute approximate surface area is 156 Å². The highest BCUT2D eigenvalue weighted by Crippen LogP contribution is 2.34. The van der Waals surface area contributed by atoms with Crippen LogP contribution in [0.1, 0.15) is 18.4 Å². The number of imide groups is 1. The van der Waals surface area contributed by atoms with E-state index in [1.807, 2.05) is 18.2 Å². The molecule has 0 unspecified atom stereocenters. The Hall–Kier alpha value is -1.85. The molecule has 1 saturated heterocycles. The van der Waals surface area contributed by atoms with Crippen LogP contribution in [0.3, 0.4) is 0 Å². The first-order chi connectivity index (χ1) is 12.0. The van der Waals surface area contributed by atoms with Crippen LogP contribution in [0.4, 0.5) is 0 Å². The second-order valence-electron chi connectivity index (χ2n) is 6.25. The fourth-order valence-electron chi connectivity index (χ4n) is 3.29. The summed E-state index contributed by atoms with van der Waals surface area (Å²) in [5, 5.41) is 3.83. The summed E-state index contributed by atoms with van der Waals surface area (Å²) in [5.41, 5.74) is 0.872. The van der Waals surface area contributed by atoms with E-state index in [1.54, 1.807) is 12.1 Å². The standard InChI is InChI=1S/C18H18Cl2N2O3/c19-12-6-5-11(15(20)9-12)7-8-21-16(23)10-22-17(24)13-3-1-2-4-14(13)18(22)25/h1-2,5-6,9,13-14H,3-4,7-8,10H2,(H,21,23)/t13-,14-/m0/s1. The van der Waals surface area contributed by atoms with Crippen LogP contribution in [0.5, 0.6) is 0 Å². The van der Waals surface area contributed by atoms with E-state index in [0.717, 1.165) is 10.5 Å². The molecule has 0 aromatic heterocycles. The van der Waals surface area contributed by atoms with Crippen molar-refractivity contribution in [1.29, 1.82) is 0 Å². The van der Waals surface area contributed by atoms with Gasteiger partial charge in [-0.1, -0.05) is 41.4 Å². The molecule has 1 heterocycles. The van der Waals surface area contributed by atoms with Gasteiger partial charge in [0.05, 0.1) is 11.8 Å². The highest BCUT2D eigenvalue weighted by atomic mass is 35.5. The molecule has 25 heavy (non-hydrogen) atoms. The Balaban J connectivity index is 1.51. The highest BCUT2D eigenvalue weighted by Gasteiger charge is 2.47. The van der Waals surface area contributed by atoms with E-state index < -0.39 is 0 Å². The van der Waals surface area contributed by atoms with Crippen molar-refractivity contribution in [2.45, 2.75) is 19.3 Å². The molecule has 1 aliphatic heterocycles. The van der Waals surface area contributed by atoms with Crippen molar-refractivity contribution in [2.24, 2.45) is 11.8 Å². The van der Waals surface area contributed by atoms with Crippen LogP contribution >= 0.6 is 23.2 Å². The van der Waals surface area contributed by atoms with Crippen LogP contribution in [0.25, 0.3) is 0 Å². The predicted octanol–water partition coefficient (Wildman–Crippen LogP) is 2.60. The van der Waals surface area contributed by atoms with Crippen LogP contribution < -0.4 is 5.32 Å². The molecule has 2 atom stereocenters. The third-order valence-corrected chi connectivity index (χ3v) is 5.22. The molecule has 7 heteroatoms. The smallest absolute Gasteiger partial charge is 0.240 e. The molecular weight excluding hydrogens is 363 g/mol. The van der Waals surface area contributed by atoms with Gasteiger partial charge in [0.2, 0.25) is 17.7 Å². The normalized spacial score (nSPS) is 22.2. The van der Waals surface area contributed by atoms with E-state index in [9.17, 15) is 14.4 Å². The number of benzene rings is 1. The fraction of sp³-hybridized carbons (Fsp3) is 0.389. The molecule has 132 valence electrons. The van der Waals surface area contributed by atoms with Crippen molar-refractivity contribution in [2.75, 3.05) is 13.1 Å². The largest absolute Gasteiger partial charge is 0.354 e. The average Bonchev–Trinajstić information content (AvgIpc) is 2.82. The molecule has 1 aromatic carbocycles. The van der Waals surface area contributed by atoms with E-state index in [1.165, 1.54) is 0 Å². The van der Waals surface area contributed by atoms with Crippen LogP contribution in [0, 0.1) is 11.8 Å². The Morgan fingerprint density at radius 2 is 1.76 bits per heavy atom. The van der Waals surface area contributed by atoms with Crippen molar-refractivity contribution in [3.63, 3.8) is 0 Å². The Morgan fingerprint density at radius 1 is 1.12 bits per heavy atom. The maximum atomic E-state index is 12.3. The first-order valence-electron chi connectivity index (χ1n) is 8.18. The number of amides is 3. The quantitative estimate of drug-likeness (QED) is 0.630. The van der Waals surface area contributed by atoms with Gasteiger partial charge in [-0.05, 0) is 37.0 Å². The van der Waals surface area contributed by atoms with Crippen molar-refractivity contribution < 1.29 is 14.4 Å². The first kappa shape index (κ1) is 18.0. The summed E-state index contributed by atoms with van der Waals surface area (Å²) in [6, 6.07) is 5.20. The molecule has 1 N–H and O–H groups in total. The summed E-state index contributed by atoms with van der Waals surface area (Å²) >= 11 is 11.9. The number of hydrogen-bond donors (Lipinski definition) is 1. The van der Waals surface area contributed by atoms with Gasteiger partial charge in [-0.2, -0.15) is 0 Å². The zero-order valence-corrected chi connectivity index (χ0v) is 15.0. The number of likely N-dealkylation sites (tertiary alicyclic amines) is 1. The molecule has 5 nitrogen and oxygen atoms in total. The number of fused-ring (bicyclic) bond motifs is 1. The maximum absolute atomic E-state index is 12.3. The molecule has 0 bridgehead atoms. The maximum Gasteiger partial charge on any atom is 0.240 e. The monoisotopic (exact) mass is 380 g/mol. The molecule has 3 amide bonds. The van der Waals surface area contributed by atoms with Crippen LogP contribution in [0.2, 0.25) is 10.0 Å². The number of halogens is 2. The summed E-state index contributed by atoms with van der Waals surface area (Å²) < 4.78 is 0. The highest BCUT2D eigenvalue weighted by molar-refractivity contribution is 6.35. The molecule has 1 fully saturated rings. The summed E-state index contributed by atoms with van der Waals surface area (Å²) in [5.74, 6) is -1.44. The van der Waals surface area contributed by atoms with Gasteiger partial charge in [-0.3, -0.25) is 19.3 Å². The summed E-state index contributed by atoms with van der Waals surface area (Å²) in [6.45, 7) is 0.143. The minimum absolute atomic E-state index is 0.223. The number of nitrogens with one attached hydrogen (secondary N) is 1. The van der Waals surface area contributed by atoms with Crippen molar-refractivity contribution >= 4 is 40.9 Å². The van der Waals surface area contributed by atoms with Crippen LogP contribution in [0.15, 0.2) is 30.4 Å². The lowest BCUT2D eigenvalue weighted by atomic mass is 9.85. The molecule has 0 spiro atoms. The summed E-state index contributed by atoms with van der Waals surface area (Å²) in [7, 11) is 0. The van der Waals surface area contributed by atoms with E-state index in [0.29, 0.717) is 35.9 Å². The zero-order chi connectivity index (χ0) is 18.0. The van der Waals surface area contributed by atoms with Crippen LogP contribution in [-0.2, 0) is 20.8 Å². The van der Waals surface area contributed by atoms with Crippen LogP contribution in [-0.4, -0.2) is 35.7 Å². The average molecular weight is 381 g/mol. The number of carbonyl (C=O) groups is 3. The fourth-order valence-corrected chi connectivity index (χ4v) is 3.79. The number of rotatable bonds is 5. The second-order valence-corrected chi connectivity index (χ2v) is 7.10. The van der Waals surface area contributed by atoms with E-state index in [4.69, 9.17) is 23.2 Å². The SMILES string of the molecule is O=C(CN1C(=O)[C@H]2CC=CC[C@@H]2C1=O)NCCc1ccc(Cl)cc1Cl. The lowest BCUT2D eigenvalue weighted by molar-refractivity contribution is -0.143. The summed E-state index contributed by atoms with van der Waals surface area (Å²) in [6.07, 6.45) is 5.53. The Kier molecular flexibility index (Phi) is 5.45. The molecule has 3 rings (SSSR count). The molecular formula is C18H18Cl2N2O3. The first-order valence-corrected chi connectivity index (χ1v) is 8.94. The zero-order valence-electron chi connectivity index (χ0n) is 13.5. The topological polar surface area (TPSA) is 66.5 Å². The number of allylic oxidation sites excluding steroid dienone is 2. The third-order valence-electron chi connectivity index (χ3n) is 4.63. The van der Waals surface area contributed by atoms with Gasteiger partial charge in [-0.25, -0.2) is 0 Å². The van der Waals surface area contributed by atoms with Crippen molar-refractivity contribution in [3.8, 4) is 0 Å². The summed E-state index contributed by atoms with van der Waals surface area (Å²) in [4.78, 5) is 37.8. The Morgan fingerprint density at radius 3 is 2.36 bits per heavy atom. The van der Waals surface area contributed by atoms with Gasteiger partial charge in [0.1, 0.15) is 6.54 Å². The molecule has 1 aliphatic carbocycles. The minimum Gasteiger partial charge on any atom is -0.354 e. The third kappa shape index (κ3) is 3.88. The van der Waals surface area contributed by atoms with Gasteiger partial charge < -0.3 is 5.32 Å². The van der Waals surface area contributed by atoms with Crippen molar-refractivity contribution in [1.82, 2.24) is 10.2 Å². The minimum atomic E-state index is -0.349.